The molecule has 2 aromatic rings. The molecule has 0 spiro atoms. The number of carbonyl (C=O) groups excluding carboxylic acids is 6. The van der Waals surface area contributed by atoms with Crippen molar-refractivity contribution < 1.29 is 33.5 Å². The highest BCUT2D eigenvalue weighted by Gasteiger charge is 2.37. The average molecular weight is 434 g/mol. The summed E-state index contributed by atoms with van der Waals surface area (Å²) in [6.07, 6.45) is 0.999. The van der Waals surface area contributed by atoms with Crippen LogP contribution in [0.3, 0.4) is 0 Å². The molecule has 0 aliphatic carbocycles. The molecule has 1 unspecified atom stereocenters. The van der Waals surface area contributed by atoms with E-state index in [9.17, 15) is 28.8 Å². The smallest absolute Gasteiger partial charge is 0.347 e. The molecule has 2 aliphatic rings. The second-order valence-corrected chi connectivity index (χ2v) is 6.82. The van der Waals surface area contributed by atoms with Crippen LogP contribution >= 0.6 is 0 Å². The SMILES string of the molecule is CC(=O)Oc1cccc(N2C(=O)c3ccc(C(=O)NC4C=NC(=O)NC4=O)cc3C2=O)c1. The summed E-state index contributed by atoms with van der Waals surface area (Å²) in [6.45, 7) is 1.22. The van der Waals surface area contributed by atoms with Crippen molar-refractivity contribution in [1.82, 2.24) is 10.6 Å². The number of carbonyl (C=O) groups is 6. The Balaban J connectivity index is 1.59. The Morgan fingerprint density at radius 3 is 2.50 bits per heavy atom. The van der Waals surface area contributed by atoms with Gasteiger partial charge < -0.3 is 10.1 Å². The van der Waals surface area contributed by atoms with Crippen LogP contribution in [0.15, 0.2) is 47.5 Å². The molecule has 2 N–H and O–H groups in total. The van der Waals surface area contributed by atoms with E-state index in [0.717, 1.165) is 11.1 Å². The number of anilines is 1. The zero-order valence-electron chi connectivity index (χ0n) is 16.4. The van der Waals surface area contributed by atoms with E-state index in [1.165, 1.54) is 49.4 Å². The van der Waals surface area contributed by atoms with Crippen molar-refractivity contribution in [2.75, 3.05) is 4.90 Å². The fraction of sp³-hybridized carbons (Fsp3) is 0.0952. The van der Waals surface area contributed by atoms with Crippen LogP contribution in [0.1, 0.15) is 38.0 Å². The maximum atomic E-state index is 12.9. The Hall–Kier alpha value is -4.67. The monoisotopic (exact) mass is 434 g/mol. The molecule has 2 heterocycles. The molecule has 2 aromatic carbocycles. The molecular formula is C21H14N4O7. The first-order valence-corrected chi connectivity index (χ1v) is 9.26. The van der Waals surface area contributed by atoms with Gasteiger partial charge in [-0.15, -0.1) is 0 Å². The van der Waals surface area contributed by atoms with Gasteiger partial charge in [-0.3, -0.25) is 29.3 Å². The first-order valence-electron chi connectivity index (χ1n) is 9.26. The molecule has 0 bridgehead atoms. The molecule has 1 atom stereocenters. The normalized spacial score (nSPS) is 17.2. The van der Waals surface area contributed by atoms with Crippen LogP contribution < -0.4 is 20.3 Å². The molecule has 6 amide bonds. The lowest BCUT2D eigenvalue weighted by Gasteiger charge is -2.16. The minimum Gasteiger partial charge on any atom is -0.427 e. The maximum Gasteiger partial charge on any atom is 0.347 e. The van der Waals surface area contributed by atoms with Crippen LogP contribution in [0.4, 0.5) is 10.5 Å². The van der Waals surface area contributed by atoms with Gasteiger partial charge in [-0.1, -0.05) is 6.07 Å². The summed E-state index contributed by atoms with van der Waals surface area (Å²) >= 11 is 0. The van der Waals surface area contributed by atoms with E-state index in [2.05, 4.69) is 10.3 Å². The fourth-order valence-electron chi connectivity index (χ4n) is 3.22. The third-order valence-electron chi connectivity index (χ3n) is 4.63. The Morgan fingerprint density at radius 2 is 1.78 bits per heavy atom. The lowest BCUT2D eigenvalue weighted by Crippen LogP contribution is -2.51. The number of urea groups is 1. The lowest BCUT2D eigenvalue weighted by molar-refractivity contribution is -0.131. The van der Waals surface area contributed by atoms with E-state index < -0.39 is 41.7 Å². The molecule has 0 fully saturated rings. The lowest BCUT2D eigenvalue weighted by atomic mass is 10.0. The van der Waals surface area contributed by atoms with E-state index in [1.54, 1.807) is 0 Å². The van der Waals surface area contributed by atoms with Gasteiger partial charge >= 0.3 is 12.0 Å². The van der Waals surface area contributed by atoms with Crippen molar-refractivity contribution in [2.24, 2.45) is 4.99 Å². The Morgan fingerprint density at radius 1 is 1.03 bits per heavy atom. The number of ether oxygens (including phenoxy) is 1. The number of imide groups is 2. The van der Waals surface area contributed by atoms with E-state index in [0.29, 0.717) is 0 Å². The van der Waals surface area contributed by atoms with Crippen LogP contribution in [-0.2, 0) is 9.59 Å². The number of fused-ring (bicyclic) bond motifs is 1. The molecule has 32 heavy (non-hydrogen) atoms. The van der Waals surface area contributed by atoms with Gasteiger partial charge in [0.05, 0.1) is 16.8 Å². The standard InChI is InChI=1S/C21H14N4O7/c1-10(26)32-13-4-2-3-12(8-13)25-19(29)14-6-5-11(7-15(14)20(25)30)17(27)23-16-9-22-21(31)24-18(16)28/h2-9,16H,1H3,(H,23,27)(H,24,28,31). The quantitative estimate of drug-likeness (QED) is 0.411. The van der Waals surface area contributed by atoms with E-state index in [-0.39, 0.29) is 28.1 Å². The number of amides is 6. The van der Waals surface area contributed by atoms with Gasteiger partial charge in [0.1, 0.15) is 11.8 Å². The van der Waals surface area contributed by atoms with Crippen LogP contribution in [0.5, 0.6) is 5.75 Å². The van der Waals surface area contributed by atoms with Gasteiger partial charge in [0.25, 0.3) is 23.6 Å². The summed E-state index contributed by atoms with van der Waals surface area (Å²) in [5.74, 6) is -3.11. The Bertz CT molecular complexity index is 1250. The average Bonchev–Trinajstić information content (AvgIpc) is 2.99. The molecule has 0 saturated heterocycles. The summed E-state index contributed by atoms with van der Waals surface area (Å²) in [5.41, 5.74) is 0.309. The van der Waals surface area contributed by atoms with Gasteiger partial charge in [-0.2, -0.15) is 0 Å². The summed E-state index contributed by atoms with van der Waals surface area (Å²) in [4.78, 5) is 76.6. The van der Waals surface area contributed by atoms with Crippen molar-refractivity contribution >= 4 is 47.5 Å². The summed E-state index contributed by atoms with van der Waals surface area (Å²) < 4.78 is 4.99. The van der Waals surface area contributed by atoms with Gasteiger partial charge in [0, 0.05) is 24.8 Å². The van der Waals surface area contributed by atoms with Crippen molar-refractivity contribution in [1.29, 1.82) is 0 Å². The zero-order chi connectivity index (χ0) is 23.0. The molecule has 160 valence electrons. The number of hydrogen-bond acceptors (Lipinski definition) is 7. The zero-order valence-corrected chi connectivity index (χ0v) is 16.4. The van der Waals surface area contributed by atoms with E-state index in [1.807, 2.05) is 5.32 Å². The topological polar surface area (TPSA) is 151 Å². The van der Waals surface area contributed by atoms with Crippen molar-refractivity contribution in [3.8, 4) is 5.75 Å². The molecule has 2 aliphatic heterocycles. The van der Waals surface area contributed by atoms with Crippen LogP contribution in [0.25, 0.3) is 0 Å². The third-order valence-corrected chi connectivity index (χ3v) is 4.63. The Labute approximate surface area is 180 Å². The van der Waals surface area contributed by atoms with Crippen LogP contribution in [-0.4, -0.2) is 47.9 Å². The van der Waals surface area contributed by atoms with Gasteiger partial charge in [-0.05, 0) is 30.3 Å². The maximum absolute atomic E-state index is 12.9. The van der Waals surface area contributed by atoms with Crippen LogP contribution in [0.2, 0.25) is 0 Å². The summed E-state index contributed by atoms with van der Waals surface area (Å²) in [5, 5.41) is 4.33. The number of benzene rings is 2. The van der Waals surface area contributed by atoms with Gasteiger partial charge in [0.2, 0.25) is 0 Å². The number of esters is 1. The van der Waals surface area contributed by atoms with Gasteiger partial charge in [-0.25, -0.2) is 14.7 Å². The molecule has 0 aromatic heterocycles. The summed E-state index contributed by atoms with van der Waals surface area (Å²) in [7, 11) is 0. The largest absolute Gasteiger partial charge is 0.427 e. The Kier molecular flexibility index (Phi) is 5.07. The number of aliphatic imine (C=N–C) groups is 1. The summed E-state index contributed by atoms with van der Waals surface area (Å²) in [6, 6.07) is 7.82. The van der Waals surface area contributed by atoms with E-state index in [4.69, 9.17) is 4.74 Å². The molecule has 11 heteroatoms. The number of nitrogens with one attached hydrogen (secondary N) is 2. The highest BCUT2D eigenvalue weighted by molar-refractivity contribution is 6.34. The second kappa shape index (κ2) is 7.87. The highest BCUT2D eigenvalue weighted by Crippen LogP contribution is 2.31. The fourth-order valence-corrected chi connectivity index (χ4v) is 3.22. The predicted molar refractivity (Wildman–Crippen MR) is 109 cm³/mol. The molecule has 4 rings (SSSR count). The predicted octanol–water partition coefficient (Wildman–Crippen LogP) is 0.832. The van der Waals surface area contributed by atoms with Crippen molar-refractivity contribution in [3.63, 3.8) is 0 Å². The van der Waals surface area contributed by atoms with E-state index >= 15 is 0 Å². The van der Waals surface area contributed by atoms with Crippen molar-refractivity contribution in [2.45, 2.75) is 13.0 Å². The third kappa shape index (κ3) is 3.74. The van der Waals surface area contributed by atoms with Crippen LogP contribution in [0, 0.1) is 0 Å². The minimum atomic E-state index is -1.16. The first kappa shape index (κ1) is 20.6. The van der Waals surface area contributed by atoms with Gasteiger partial charge in [0.15, 0.2) is 0 Å². The number of nitrogens with zero attached hydrogens (tertiary/aromatic N) is 2. The molecule has 0 radical (unpaired) electrons. The second-order valence-electron chi connectivity index (χ2n) is 6.82. The molecule has 0 saturated carbocycles. The molecule has 11 nitrogen and oxygen atoms in total. The molecular weight excluding hydrogens is 420 g/mol. The first-order chi connectivity index (χ1) is 15.2. The highest BCUT2D eigenvalue weighted by atomic mass is 16.5. The number of rotatable bonds is 4. The minimum absolute atomic E-state index is 0.00233. The number of hydrogen-bond donors (Lipinski definition) is 2. The van der Waals surface area contributed by atoms with Crippen molar-refractivity contribution in [3.05, 3.63) is 59.2 Å².